The molecule has 3 aromatic carbocycles. The molecular weight excluding hydrogens is 522 g/mol. The van der Waals surface area contributed by atoms with Gasteiger partial charge >= 0.3 is 5.97 Å². The fourth-order valence-electron chi connectivity index (χ4n) is 3.44. The number of carbonyl (C=O) groups is 1. The first-order chi connectivity index (χ1) is 14.9. The first kappa shape index (κ1) is 21.4. The number of hydrogen-bond acceptors (Lipinski definition) is 2. The summed E-state index contributed by atoms with van der Waals surface area (Å²) >= 11 is 7.02. The molecule has 0 spiro atoms. The quantitative estimate of drug-likeness (QED) is 0.280. The molecular formula is C25H19Br2NO3. The van der Waals surface area contributed by atoms with Crippen LogP contribution in [-0.2, 0) is 6.61 Å². The molecule has 0 bridgehead atoms. The number of rotatable bonds is 6. The van der Waals surface area contributed by atoms with E-state index >= 15 is 0 Å². The van der Waals surface area contributed by atoms with Crippen molar-refractivity contribution in [1.82, 2.24) is 4.57 Å². The molecule has 1 heterocycles. The van der Waals surface area contributed by atoms with Crippen molar-refractivity contribution in [3.63, 3.8) is 0 Å². The van der Waals surface area contributed by atoms with E-state index in [2.05, 4.69) is 31.9 Å². The van der Waals surface area contributed by atoms with Crippen molar-refractivity contribution in [2.24, 2.45) is 0 Å². The zero-order valence-electron chi connectivity index (χ0n) is 16.7. The second-order valence-electron chi connectivity index (χ2n) is 7.11. The number of aromatic carboxylic acids is 1. The van der Waals surface area contributed by atoms with Gasteiger partial charge in [0.25, 0.3) is 0 Å². The van der Waals surface area contributed by atoms with Crippen molar-refractivity contribution in [1.29, 1.82) is 0 Å². The number of aryl methyl sites for hydroxylation is 1. The number of nitrogens with zero attached hydrogens (tertiary/aromatic N) is 1. The predicted octanol–water partition coefficient (Wildman–Crippen LogP) is 7.25. The van der Waals surface area contributed by atoms with Crippen LogP contribution in [0.4, 0.5) is 0 Å². The highest BCUT2D eigenvalue weighted by molar-refractivity contribution is 9.10. The molecule has 0 aliphatic heterocycles. The molecule has 4 aromatic rings. The fraction of sp³-hybridized carbons (Fsp3) is 0.0800. The zero-order valence-corrected chi connectivity index (χ0v) is 19.9. The molecule has 0 aliphatic carbocycles. The maximum atomic E-state index is 11.5. The summed E-state index contributed by atoms with van der Waals surface area (Å²) in [5.41, 5.74) is 4.94. The normalized spacial score (nSPS) is 10.8. The smallest absolute Gasteiger partial charge is 0.335 e. The van der Waals surface area contributed by atoms with Crippen LogP contribution in [0.2, 0.25) is 0 Å². The Balaban J connectivity index is 1.75. The Morgan fingerprint density at radius 1 is 0.935 bits per heavy atom. The van der Waals surface area contributed by atoms with Crippen LogP contribution in [0.1, 0.15) is 21.6 Å². The van der Waals surface area contributed by atoms with Crippen LogP contribution < -0.4 is 4.74 Å². The number of hydrogen-bond donors (Lipinski definition) is 1. The van der Waals surface area contributed by atoms with Gasteiger partial charge in [0.2, 0.25) is 0 Å². The molecule has 0 saturated carbocycles. The van der Waals surface area contributed by atoms with Crippen LogP contribution in [0, 0.1) is 6.92 Å². The summed E-state index contributed by atoms with van der Waals surface area (Å²) in [6, 6.07) is 24.9. The lowest BCUT2D eigenvalue weighted by Gasteiger charge is -2.16. The van der Waals surface area contributed by atoms with E-state index in [-0.39, 0.29) is 5.56 Å². The van der Waals surface area contributed by atoms with E-state index in [9.17, 15) is 9.90 Å². The minimum atomic E-state index is -0.950. The minimum absolute atomic E-state index is 0.248. The van der Waals surface area contributed by atoms with E-state index in [0.717, 1.165) is 42.9 Å². The van der Waals surface area contributed by atoms with Crippen molar-refractivity contribution in [3.8, 4) is 22.7 Å². The number of benzene rings is 3. The van der Waals surface area contributed by atoms with Gasteiger partial charge in [0, 0.05) is 25.9 Å². The lowest BCUT2D eigenvalue weighted by molar-refractivity contribution is 0.0697. The Morgan fingerprint density at radius 2 is 1.68 bits per heavy atom. The van der Waals surface area contributed by atoms with Gasteiger partial charge in [-0.25, -0.2) is 4.79 Å². The Kier molecular flexibility index (Phi) is 6.30. The lowest BCUT2D eigenvalue weighted by Crippen LogP contribution is -2.04. The molecule has 0 atom stereocenters. The predicted molar refractivity (Wildman–Crippen MR) is 129 cm³/mol. The van der Waals surface area contributed by atoms with Crippen LogP contribution in [0.25, 0.3) is 16.9 Å². The Labute approximate surface area is 197 Å². The first-order valence-electron chi connectivity index (χ1n) is 9.61. The van der Waals surface area contributed by atoms with Crippen molar-refractivity contribution in [2.75, 3.05) is 0 Å². The summed E-state index contributed by atoms with van der Waals surface area (Å²) in [7, 11) is 0. The number of carboxylic acid groups (broad SMARTS) is 1. The average Bonchev–Trinajstić information content (AvgIpc) is 3.15. The third kappa shape index (κ3) is 4.75. The molecule has 0 fully saturated rings. The van der Waals surface area contributed by atoms with Gasteiger partial charge in [-0.2, -0.15) is 0 Å². The molecule has 4 nitrogen and oxygen atoms in total. The Morgan fingerprint density at radius 3 is 2.42 bits per heavy atom. The molecule has 0 aliphatic rings. The monoisotopic (exact) mass is 539 g/mol. The van der Waals surface area contributed by atoms with Gasteiger partial charge in [0.15, 0.2) is 0 Å². The van der Waals surface area contributed by atoms with E-state index in [0.29, 0.717) is 6.61 Å². The number of halogens is 2. The molecule has 6 heteroatoms. The minimum Gasteiger partial charge on any atom is -0.488 e. The van der Waals surface area contributed by atoms with Crippen LogP contribution in [0.15, 0.2) is 87.8 Å². The Bertz CT molecular complexity index is 1250. The van der Waals surface area contributed by atoms with E-state index in [1.54, 1.807) is 18.2 Å². The molecule has 4 rings (SSSR count). The first-order valence-corrected chi connectivity index (χ1v) is 11.2. The molecule has 1 N–H and O–H groups in total. The summed E-state index contributed by atoms with van der Waals surface area (Å²) in [5.74, 6) is -0.200. The van der Waals surface area contributed by atoms with Gasteiger partial charge in [0.1, 0.15) is 12.4 Å². The molecule has 0 amide bonds. The largest absolute Gasteiger partial charge is 0.488 e. The summed E-state index contributed by atoms with van der Waals surface area (Å²) < 4.78 is 10.2. The summed E-state index contributed by atoms with van der Waals surface area (Å²) in [6.45, 7) is 2.44. The maximum absolute atomic E-state index is 11.5. The van der Waals surface area contributed by atoms with E-state index in [1.807, 2.05) is 72.2 Å². The zero-order chi connectivity index (χ0) is 22.0. The molecule has 0 unspecified atom stereocenters. The van der Waals surface area contributed by atoms with Gasteiger partial charge < -0.3 is 14.4 Å². The third-order valence-corrected chi connectivity index (χ3v) is 5.97. The number of carboxylic acids is 1. The van der Waals surface area contributed by atoms with Crippen molar-refractivity contribution in [2.45, 2.75) is 13.5 Å². The van der Waals surface area contributed by atoms with Crippen LogP contribution in [0.3, 0.4) is 0 Å². The summed E-state index contributed by atoms with van der Waals surface area (Å²) in [6.07, 6.45) is 0. The highest BCUT2D eigenvalue weighted by atomic mass is 79.9. The number of ether oxygens (including phenoxy) is 1. The standard InChI is InChI=1S/C25H19Br2NO3/c1-16-5-11-23(28(16)21-4-2-3-18(13-21)25(29)30)22-14-20(27)10-12-24(22)31-15-17-6-8-19(26)9-7-17/h2-14H,15H2,1H3,(H,29,30). The van der Waals surface area contributed by atoms with Gasteiger partial charge in [-0.05, 0) is 73.2 Å². The molecule has 31 heavy (non-hydrogen) atoms. The maximum Gasteiger partial charge on any atom is 0.335 e. The molecule has 0 saturated heterocycles. The summed E-state index contributed by atoms with van der Waals surface area (Å²) in [4.78, 5) is 11.5. The highest BCUT2D eigenvalue weighted by Gasteiger charge is 2.16. The second kappa shape index (κ2) is 9.12. The van der Waals surface area contributed by atoms with Gasteiger partial charge in [-0.15, -0.1) is 0 Å². The van der Waals surface area contributed by atoms with Gasteiger partial charge in [-0.1, -0.05) is 50.1 Å². The van der Waals surface area contributed by atoms with E-state index in [4.69, 9.17) is 4.74 Å². The SMILES string of the molecule is Cc1ccc(-c2cc(Br)ccc2OCc2ccc(Br)cc2)n1-c1cccc(C(=O)O)c1. The van der Waals surface area contributed by atoms with Crippen molar-refractivity contribution in [3.05, 3.63) is 105 Å². The van der Waals surface area contributed by atoms with Crippen LogP contribution in [-0.4, -0.2) is 15.6 Å². The fourth-order valence-corrected chi connectivity index (χ4v) is 4.06. The Hall–Kier alpha value is -2.83. The van der Waals surface area contributed by atoms with Crippen LogP contribution in [0.5, 0.6) is 5.75 Å². The van der Waals surface area contributed by atoms with E-state index < -0.39 is 5.97 Å². The average molecular weight is 541 g/mol. The molecule has 1 aromatic heterocycles. The lowest BCUT2D eigenvalue weighted by atomic mass is 10.1. The van der Waals surface area contributed by atoms with Crippen molar-refractivity contribution >= 4 is 37.8 Å². The van der Waals surface area contributed by atoms with Gasteiger partial charge in [-0.3, -0.25) is 0 Å². The molecule has 0 radical (unpaired) electrons. The number of aromatic nitrogens is 1. The highest BCUT2D eigenvalue weighted by Crippen LogP contribution is 2.36. The third-order valence-electron chi connectivity index (χ3n) is 4.95. The van der Waals surface area contributed by atoms with E-state index in [1.165, 1.54) is 0 Å². The topological polar surface area (TPSA) is 51.5 Å². The second-order valence-corrected chi connectivity index (χ2v) is 8.94. The van der Waals surface area contributed by atoms with Crippen molar-refractivity contribution < 1.29 is 14.6 Å². The molecule has 156 valence electrons. The summed E-state index contributed by atoms with van der Waals surface area (Å²) in [5, 5.41) is 9.40. The van der Waals surface area contributed by atoms with Gasteiger partial charge in [0.05, 0.1) is 11.3 Å². The van der Waals surface area contributed by atoms with Crippen LogP contribution >= 0.6 is 31.9 Å².